The van der Waals surface area contributed by atoms with Crippen LogP contribution in [0.25, 0.3) is 10.9 Å². The highest BCUT2D eigenvalue weighted by Gasteiger charge is 2.22. The Morgan fingerprint density at radius 1 is 1.29 bits per heavy atom. The zero-order valence-corrected chi connectivity index (χ0v) is 12.2. The number of hydrogen-bond donors (Lipinski definition) is 2. The van der Waals surface area contributed by atoms with E-state index in [4.69, 9.17) is 0 Å². The third-order valence-electron chi connectivity index (χ3n) is 4.29. The Morgan fingerprint density at radius 2 is 2.05 bits per heavy atom. The van der Waals surface area contributed by atoms with Gasteiger partial charge >= 0.3 is 0 Å². The van der Waals surface area contributed by atoms with E-state index in [0.717, 1.165) is 29.3 Å². The van der Waals surface area contributed by atoms with Crippen molar-refractivity contribution in [1.82, 2.24) is 10.3 Å². The minimum absolute atomic E-state index is 0.0511. The van der Waals surface area contributed by atoms with E-state index >= 15 is 0 Å². The maximum Gasteiger partial charge on any atom is 0.251 e. The number of benzene rings is 1. The standard InChI is InChI=1S/C17H20N2O2/c1-11-8-14-9-12(6-7-15(14)19-16(11)20)10-18-17(21)13-4-2-3-5-13/h6-9,13H,2-5,10H2,1H3,(H,18,21)(H,19,20). The van der Waals surface area contributed by atoms with E-state index in [1.165, 1.54) is 12.8 Å². The molecule has 1 amide bonds. The molecule has 0 unspecified atom stereocenters. The fourth-order valence-electron chi connectivity index (χ4n) is 3.00. The predicted octanol–water partition coefficient (Wildman–Crippen LogP) is 2.64. The molecule has 1 saturated carbocycles. The van der Waals surface area contributed by atoms with Gasteiger partial charge in [-0.05, 0) is 48.9 Å². The van der Waals surface area contributed by atoms with E-state index in [1.54, 1.807) is 6.92 Å². The number of H-pyrrole nitrogens is 1. The highest BCUT2D eigenvalue weighted by atomic mass is 16.1. The highest BCUT2D eigenvalue weighted by molar-refractivity contribution is 5.81. The van der Waals surface area contributed by atoms with Gasteiger partial charge in [0.25, 0.3) is 5.56 Å². The molecule has 0 bridgehead atoms. The molecule has 0 atom stereocenters. The lowest BCUT2D eigenvalue weighted by molar-refractivity contribution is -0.124. The van der Waals surface area contributed by atoms with Gasteiger partial charge in [0, 0.05) is 23.5 Å². The lowest BCUT2D eigenvalue weighted by atomic mass is 10.1. The van der Waals surface area contributed by atoms with Crippen LogP contribution in [-0.2, 0) is 11.3 Å². The maximum atomic E-state index is 12.0. The summed E-state index contributed by atoms with van der Waals surface area (Å²) in [5, 5.41) is 4.02. The van der Waals surface area contributed by atoms with Gasteiger partial charge in [0.15, 0.2) is 0 Å². The van der Waals surface area contributed by atoms with Gasteiger partial charge < -0.3 is 10.3 Å². The number of carbonyl (C=O) groups is 1. The number of carbonyl (C=O) groups excluding carboxylic acids is 1. The summed E-state index contributed by atoms with van der Waals surface area (Å²) in [6, 6.07) is 7.75. The van der Waals surface area contributed by atoms with E-state index in [9.17, 15) is 9.59 Å². The smallest absolute Gasteiger partial charge is 0.251 e. The van der Waals surface area contributed by atoms with Gasteiger partial charge in [-0.25, -0.2) is 0 Å². The summed E-state index contributed by atoms with van der Waals surface area (Å²) in [6.45, 7) is 2.34. The van der Waals surface area contributed by atoms with E-state index in [-0.39, 0.29) is 17.4 Å². The molecule has 0 spiro atoms. The van der Waals surface area contributed by atoms with Crippen LogP contribution in [0.5, 0.6) is 0 Å². The van der Waals surface area contributed by atoms with Crippen LogP contribution in [0.15, 0.2) is 29.1 Å². The second-order valence-electron chi connectivity index (χ2n) is 5.90. The minimum Gasteiger partial charge on any atom is -0.352 e. The van der Waals surface area contributed by atoms with Crippen molar-refractivity contribution in [1.29, 1.82) is 0 Å². The molecule has 1 aromatic carbocycles. The summed E-state index contributed by atoms with van der Waals surface area (Å²) < 4.78 is 0. The molecular formula is C17H20N2O2. The molecule has 0 saturated heterocycles. The van der Waals surface area contributed by atoms with Gasteiger partial charge in [0.05, 0.1) is 0 Å². The number of hydrogen-bond acceptors (Lipinski definition) is 2. The zero-order valence-electron chi connectivity index (χ0n) is 12.2. The van der Waals surface area contributed by atoms with Crippen LogP contribution in [0.4, 0.5) is 0 Å². The molecule has 2 aromatic rings. The third-order valence-corrected chi connectivity index (χ3v) is 4.29. The quantitative estimate of drug-likeness (QED) is 0.910. The normalized spacial score (nSPS) is 15.5. The highest BCUT2D eigenvalue weighted by Crippen LogP contribution is 2.24. The van der Waals surface area contributed by atoms with Crippen LogP contribution in [0.3, 0.4) is 0 Å². The largest absolute Gasteiger partial charge is 0.352 e. The van der Waals surface area contributed by atoms with Crippen LogP contribution >= 0.6 is 0 Å². The van der Waals surface area contributed by atoms with Crippen LogP contribution in [0.1, 0.15) is 36.8 Å². The Labute approximate surface area is 123 Å². The van der Waals surface area contributed by atoms with Crippen LogP contribution in [0.2, 0.25) is 0 Å². The van der Waals surface area contributed by atoms with Crippen molar-refractivity contribution in [3.05, 3.63) is 45.7 Å². The molecule has 110 valence electrons. The van der Waals surface area contributed by atoms with Crippen molar-refractivity contribution in [2.75, 3.05) is 0 Å². The number of aryl methyl sites for hydroxylation is 1. The van der Waals surface area contributed by atoms with Crippen LogP contribution < -0.4 is 10.9 Å². The van der Waals surface area contributed by atoms with Crippen molar-refractivity contribution in [2.45, 2.75) is 39.2 Å². The van der Waals surface area contributed by atoms with Crippen LogP contribution in [-0.4, -0.2) is 10.9 Å². The predicted molar refractivity (Wildman–Crippen MR) is 83.1 cm³/mol. The SMILES string of the molecule is Cc1cc2cc(CNC(=O)C3CCCC3)ccc2[nH]c1=O. The van der Waals surface area contributed by atoms with Gasteiger partial charge in [0.1, 0.15) is 0 Å². The first kappa shape index (κ1) is 13.9. The maximum absolute atomic E-state index is 12.0. The molecule has 2 N–H and O–H groups in total. The van der Waals surface area contributed by atoms with Crippen LogP contribution in [0, 0.1) is 12.8 Å². The van der Waals surface area contributed by atoms with Crippen molar-refractivity contribution < 1.29 is 4.79 Å². The van der Waals surface area contributed by atoms with Crippen molar-refractivity contribution in [3.8, 4) is 0 Å². The zero-order chi connectivity index (χ0) is 14.8. The number of amides is 1. The number of pyridine rings is 1. The summed E-state index contributed by atoms with van der Waals surface area (Å²) in [6.07, 6.45) is 4.37. The summed E-state index contributed by atoms with van der Waals surface area (Å²) in [5.74, 6) is 0.370. The van der Waals surface area contributed by atoms with Crippen molar-refractivity contribution >= 4 is 16.8 Å². The Bertz CT molecular complexity index is 727. The summed E-state index contributed by atoms with van der Waals surface area (Å²) >= 11 is 0. The first-order chi connectivity index (χ1) is 10.1. The molecule has 1 heterocycles. The molecule has 0 aliphatic heterocycles. The van der Waals surface area contributed by atoms with Gasteiger partial charge in [-0.3, -0.25) is 9.59 Å². The van der Waals surface area contributed by atoms with E-state index < -0.39 is 0 Å². The minimum atomic E-state index is -0.0511. The molecule has 1 aliphatic rings. The molecule has 4 nitrogen and oxygen atoms in total. The molecule has 1 aromatic heterocycles. The molecule has 3 rings (SSSR count). The number of nitrogens with one attached hydrogen (secondary N) is 2. The summed E-state index contributed by atoms with van der Waals surface area (Å²) in [5.41, 5.74) is 2.54. The number of rotatable bonds is 3. The first-order valence-corrected chi connectivity index (χ1v) is 7.54. The fourth-order valence-corrected chi connectivity index (χ4v) is 3.00. The second-order valence-corrected chi connectivity index (χ2v) is 5.90. The fraction of sp³-hybridized carbons (Fsp3) is 0.412. The van der Waals surface area contributed by atoms with Gasteiger partial charge in [-0.1, -0.05) is 18.9 Å². The van der Waals surface area contributed by atoms with E-state index in [2.05, 4.69) is 10.3 Å². The lowest BCUT2D eigenvalue weighted by Gasteiger charge is -2.11. The Hall–Kier alpha value is -2.10. The molecule has 1 aliphatic carbocycles. The molecule has 21 heavy (non-hydrogen) atoms. The number of aromatic amines is 1. The van der Waals surface area contributed by atoms with Crippen molar-refractivity contribution in [2.24, 2.45) is 5.92 Å². The van der Waals surface area contributed by atoms with E-state index in [1.807, 2.05) is 24.3 Å². The first-order valence-electron chi connectivity index (χ1n) is 7.54. The monoisotopic (exact) mass is 284 g/mol. The average molecular weight is 284 g/mol. The summed E-state index contributed by atoms with van der Waals surface area (Å²) in [4.78, 5) is 26.4. The Balaban J connectivity index is 1.73. The third kappa shape index (κ3) is 2.99. The molecule has 1 fully saturated rings. The average Bonchev–Trinajstić information content (AvgIpc) is 3.00. The van der Waals surface area contributed by atoms with Gasteiger partial charge in [-0.15, -0.1) is 0 Å². The molecule has 0 radical (unpaired) electrons. The number of fused-ring (bicyclic) bond motifs is 1. The van der Waals surface area contributed by atoms with E-state index in [0.29, 0.717) is 12.1 Å². The van der Waals surface area contributed by atoms with Crippen molar-refractivity contribution in [3.63, 3.8) is 0 Å². The topological polar surface area (TPSA) is 62.0 Å². The number of aromatic nitrogens is 1. The van der Waals surface area contributed by atoms with Gasteiger partial charge in [0.2, 0.25) is 5.91 Å². The Morgan fingerprint density at radius 3 is 2.81 bits per heavy atom. The Kier molecular flexibility index (Phi) is 3.78. The summed E-state index contributed by atoms with van der Waals surface area (Å²) in [7, 11) is 0. The molecule has 4 heteroatoms. The lowest BCUT2D eigenvalue weighted by Crippen LogP contribution is -2.28. The molecular weight excluding hydrogens is 264 g/mol. The van der Waals surface area contributed by atoms with Gasteiger partial charge in [-0.2, -0.15) is 0 Å². The second kappa shape index (κ2) is 5.72.